The van der Waals surface area contributed by atoms with Crippen LogP contribution in [0, 0.1) is 0 Å². The second-order valence-corrected chi connectivity index (χ2v) is 8.43. The molecule has 0 fully saturated rings. The van der Waals surface area contributed by atoms with Gasteiger partial charge < -0.3 is 19.6 Å². The zero-order valence-electron chi connectivity index (χ0n) is 18.7. The van der Waals surface area contributed by atoms with Gasteiger partial charge in [-0.25, -0.2) is 4.79 Å². The Kier molecular flexibility index (Phi) is 8.91. The van der Waals surface area contributed by atoms with Crippen LogP contribution < -0.4 is 10.0 Å². The SMILES string of the molecule is CCOC(=O)c1cc(-c2ccccc2)sc1NC.CSNc1ccc2cnn(CC=O)c2c1. The number of benzene rings is 2. The van der Waals surface area contributed by atoms with E-state index in [1.54, 1.807) is 29.1 Å². The van der Waals surface area contributed by atoms with Gasteiger partial charge in [0.05, 0.1) is 30.4 Å². The van der Waals surface area contributed by atoms with Gasteiger partial charge >= 0.3 is 5.97 Å². The van der Waals surface area contributed by atoms with Gasteiger partial charge in [-0.1, -0.05) is 42.3 Å². The first kappa shape index (κ1) is 24.3. The predicted octanol–water partition coefficient (Wildman–Crippen LogP) is 5.56. The molecule has 0 bridgehead atoms. The normalized spacial score (nSPS) is 10.3. The highest BCUT2D eigenvalue weighted by atomic mass is 32.2. The largest absolute Gasteiger partial charge is 0.462 e. The number of rotatable bonds is 8. The summed E-state index contributed by atoms with van der Waals surface area (Å²) < 4.78 is 9.88. The van der Waals surface area contributed by atoms with Crippen LogP contribution in [0.25, 0.3) is 21.3 Å². The van der Waals surface area contributed by atoms with E-state index in [0.717, 1.165) is 38.3 Å². The van der Waals surface area contributed by atoms with Crippen LogP contribution in [0.2, 0.25) is 0 Å². The Balaban J connectivity index is 0.000000189. The molecule has 2 heterocycles. The molecule has 0 atom stereocenters. The van der Waals surface area contributed by atoms with Crippen molar-refractivity contribution in [3.05, 3.63) is 66.4 Å². The third-order valence-electron chi connectivity index (χ3n) is 4.62. The average molecular weight is 483 g/mol. The summed E-state index contributed by atoms with van der Waals surface area (Å²) in [7, 11) is 1.81. The van der Waals surface area contributed by atoms with Crippen molar-refractivity contribution in [2.24, 2.45) is 0 Å². The molecule has 2 aromatic carbocycles. The number of esters is 1. The molecule has 9 heteroatoms. The minimum atomic E-state index is -0.278. The highest BCUT2D eigenvalue weighted by molar-refractivity contribution is 7.99. The van der Waals surface area contributed by atoms with Gasteiger partial charge in [0.25, 0.3) is 0 Å². The third kappa shape index (κ3) is 6.15. The number of thiophene rings is 1. The van der Waals surface area contributed by atoms with Crippen LogP contribution in [0.3, 0.4) is 0 Å². The first-order valence-corrected chi connectivity index (χ1v) is 12.4. The monoisotopic (exact) mass is 482 g/mol. The zero-order valence-corrected chi connectivity index (χ0v) is 20.3. The molecule has 4 rings (SSSR count). The second-order valence-electron chi connectivity index (χ2n) is 6.76. The highest BCUT2D eigenvalue weighted by Crippen LogP contribution is 2.35. The van der Waals surface area contributed by atoms with Crippen LogP contribution in [0.1, 0.15) is 17.3 Å². The van der Waals surface area contributed by atoms with Crippen LogP contribution in [0.5, 0.6) is 0 Å². The first-order valence-electron chi connectivity index (χ1n) is 10.3. The molecule has 0 aliphatic carbocycles. The van der Waals surface area contributed by atoms with Gasteiger partial charge in [0.15, 0.2) is 0 Å². The summed E-state index contributed by atoms with van der Waals surface area (Å²) in [5, 5.41) is 9.06. The highest BCUT2D eigenvalue weighted by Gasteiger charge is 2.16. The fourth-order valence-electron chi connectivity index (χ4n) is 3.15. The lowest BCUT2D eigenvalue weighted by Crippen LogP contribution is -2.05. The summed E-state index contributed by atoms with van der Waals surface area (Å²) in [5.41, 5.74) is 3.70. The van der Waals surface area contributed by atoms with Crippen LogP contribution in [0.15, 0.2) is 60.8 Å². The fraction of sp³-hybridized carbons (Fsp3) is 0.208. The van der Waals surface area contributed by atoms with Crippen molar-refractivity contribution in [2.75, 3.05) is 29.9 Å². The fourth-order valence-corrected chi connectivity index (χ4v) is 4.52. The average Bonchev–Trinajstić information content (AvgIpc) is 3.45. The Hall–Kier alpha value is -3.30. The summed E-state index contributed by atoms with van der Waals surface area (Å²) in [6, 6.07) is 17.8. The maximum atomic E-state index is 11.8. The molecule has 4 aromatic rings. The lowest BCUT2D eigenvalue weighted by atomic mass is 10.1. The molecule has 0 amide bonds. The number of aromatic nitrogens is 2. The van der Waals surface area contributed by atoms with Crippen LogP contribution in [-0.2, 0) is 16.1 Å². The Morgan fingerprint density at radius 3 is 2.67 bits per heavy atom. The van der Waals surface area contributed by atoms with Crippen LogP contribution >= 0.6 is 23.3 Å². The molecule has 7 nitrogen and oxygen atoms in total. The molecule has 0 aliphatic heterocycles. The number of ether oxygens (including phenoxy) is 1. The Bertz CT molecular complexity index is 1210. The minimum absolute atomic E-state index is 0.278. The van der Waals surface area contributed by atoms with E-state index >= 15 is 0 Å². The first-order chi connectivity index (χ1) is 16.1. The molecule has 0 unspecified atom stereocenters. The quantitative estimate of drug-likeness (QED) is 0.193. The van der Waals surface area contributed by atoms with Gasteiger partial charge in [0.2, 0.25) is 0 Å². The molecular formula is C24H26N4O3S2. The van der Waals surface area contributed by atoms with Crippen molar-refractivity contribution in [2.45, 2.75) is 13.5 Å². The van der Waals surface area contributed by atoms with Gasteiger partial charge in [-0.05, 0) is 36.8 Å². The molecule has 33 heavy (non-hydrogen) atoms. The summed E-state index contributed by atoms with van der Waals surface area (Å²) in [6.45, 7) is 2.49. The van der Waals surface area contributed by atoms with Crippen molar-refractivity contribution in [1.82, 2.24) is 9.78 Å². The number of carbonyl (C=O) groups is 2. The smallest absolute Gasteiger partial charge is 0.341 e. The molecule has 0 radical (unpaired) electrons. The van der Waals surface area contributed by atoms with Crippen molar-refractivity contribution in [3.63, 3.8) is 0 Å². The topological polar surface area (TPSA) is 85.2 Å². The molecule has 0 saturated heterocycles. The maximum Gasteiger partial charge on any atom is 0.341 e. The summed E-state index contributed by atoms with van der Waals surface area (Å²) in [6.07, 6.45) is 4.58. The van der Waals surface area contributed by atoms with E-state index in [0.29, 0.717) is 18.7 Å². The molecule has 2 aromatic heterocycles. The van der Waals surface area contributed by atoms with Crippen molar-refractivity contribution < 1.29 is 14.3 Å². The standard InChI is InChI=1S/C14H15NO2S.C10H11N3OS/c1-3-17-14(16)11-9-12(18-13(11)15-2)10-7-5-4-6-8-10;1-15-12-9-3-2-8-7-11-13(4-5-14)10(8)6-9/h4-9,15H,3H2,1-2H3;2-3,5-7,12H,4H2,1H3. The Morgan fingerprint density at radius 1 is 1.21 bits per heavy atom. The third-order valence-corrected chi connectivity index (χ3v) is 6.27. The molecule has 0 aliphatic rings. The lowest BCUT2D eigenvalue weighted by Gasteiger charge is -2.03. The minimum Gasteiger partial charge on any atom is -0.462 e. The van der Waals surface area contributed by atoms with Gasteiger partial charge in [-0.3, -0.25) is 4.68 Å². The Morgan fingerprint density at radius 2 is 2.00 bits per heavy atom. The number of anilines is 2. The summed E-state index contributed by atoms with van der Waals surface area (Å²) in [4.78, 5) is 23.3. The number of nitrogens with one attached hydrogen (secondary N) is 2. The number of carbonyl (C=O) groups excluding carboxylic acids is 2. The predicted molar refractivity (Wildman–Crippen MR) is 138 cm³/mol. The van der Waals surface area contributed by atoms with E-state index in [2.05, 4.69) is 15.1 Å². The van der Waals surface area contributed by atoms with Gasteiger partial charge in [-0.15, -0.1) is 11.3 Å². The molecular weight excluding hydrogens is 456 g/mol. The van der Waals surface area contributed by atoms with E-state index < -0.39 is 0 Å². The van der Waals surface area contributed by atoms with Crippen molar-refractivity contribution >= 4 is 57.1 Å². The van der Waals surface area contributed by atoms with E-state index in [1.807, 2.05) is 67.9 Å². The van der Waals surface area contributed by atoms with E-state index in [-0.39, 0.29) is 5.97 Å². The molecule has 0 spiro atoms. The van der Waals surface area contributed by atoms with Gasteiger partial charge in [0, 0.05) is 29.3 Å². The Labute approximate surface area is 201 Å². The number of hydrogen-bond acceptors (Lipinski definition) is 8. The lowest BCUT2D eigenvalue weighted by molar-refractivity contribution is -0.108. The summed E-state index contributed by atoms with van der Waals surface area (Å²) in [5.74, 6) is -0.278. The number of nitrogens with zero attached hydrogens (tertiary/aromatic N) is 2. The van der Waals surface area contributed by atoms with E-state index in [4.69, 9.17) is 4.74 Å². The van der Waals surface area contributed by atoms with Gasteiger partial charge in [-0.2, -0.15) is 5.10 Å². The maximum absolute atomic E-state index is 11.8. The molecule has 172 valence electrons. The number of hydrogen-bond donors (Lipinski definition) is 2. The molecule has 0 saturated carbocycles. The van der Waals surface area contributed by atoms with E-state index in [9.17, 15) is 9.59 Å². The number of fused-ring (bicyclic) bond motifs is 1. The number of aldehydes is 1. The zero-order chi connectivity index (χ0) is 23.6. The summed E-state index contributed by atoms with van der Waals surface area (Å²) >= 11 is 3.09. The van der Waals surface area contributed by atoms with Crippen molar-refractivity contribution in [3.8, 4) is 10.4 Å². The van der Waals surface area contributed by atoms with Crippen LogP contribution in [-0.4, -0.2) is 41.9 Å². The van der Waals surface area contributed by atoms with Crippen molar-refractivity contribution in [1.29, 1.82) is 0 Å². The van der Waals surface area contributed by atoms with Gasteiger partial charge in [0.1, 0.15) is 11.3 Å². The van der Waals surface area contributed by atoms with Crippen LogP contribution in [0.4, 0.5) is 10.7 Å². The second kappa shape index (κ2) is 12.1. The molecule has 2 N–H and O–H groups in total. The van der Waals surface area contributed by atoms with E-state index in [1.165, 1.54) is 11.9 Å².